The number of hydrogen-bond donors (Lipinski definition) is 0. The van der Waals surface area contributed by atoms with E-state index in [-0.39, 0.29) is 11.6 Å². The van der Waals surface area contributed by atoms with E-state index in [4.69, 9.17) is 0 Å². The molecule has 0 aromatic heterocycles. The molecule has 0 N–H and O–H groups in total. The van der Waals surface area contributed by atoms with Gasteiger partial charge >= 0.3 is 0 Å². The first-order valence-electron chi connectivity index (χ1n) is 8.11. The lowest BCUT2D eigenvalue weighted by Gasteiger charge is -2.36. The Labute approximate surface area is 148 Å². The van der Waals surface area contributed by atoms with Crippen molar-refractivity contribution in [1.82, 2.24) is 4.90 Å². The van der Waals surface area contributed by atoms with Crippen molar-refractivity contribution in [2.45, 2.75) is 6.92 Å². The van der Waals surface area contributed by atoms with Gasteiger partial charge in [-0.15, -0.1) is 0 Å². The van der Waals surface area contributed by atoms with Crippen molar-refractivity contribution in [3.63, 3.8) is 0 Å². The van der Waals surface area contributed by atoms with Gasteiger partial charge in [-0.3, -0.25) is 14.9 Å². The quantitative estimate of drug-likeness (QED) is 0.622. The molecule has 0 spiro atoms. The number of anilines is 1. The molecule has 1 aliphatic heterocycles. The van der Waals surface area contributed by atoms with E-state index in [2.05, 4.69) is 0 Å². The molecule has 1 aliphatic rings. The van der Waals surface area contributed by atoms with Crippen LogP contribution in [0, 0.1) is 28.7 Å². The van der Waals surface area contributed by atoms with Gasteiger partial charge in [0.1, 0.15) is 5.82 Å². The summed E-state index contributed by atoms with van der Waals surface area (Å²) >= 11 is 0. The molecule has 0 atom stereocenters. The van der Waals surface area contributed by atoms with Crippen LogP contribution >= 0.6 is 0 Å². The van der Waals surface area contributed by atoms with Crippen LogP contribution in [0.15, 0.2) is 36.4 Å². The van der Waals surface area contributed by atoms with Crippen molar-refractivity contribution in [2.75, 3.05) is 31.1 Å². The Morgan fingerprint density at radius 3 is 2.27 bits per heavy atom. The van der Waals surface area contributed by atoms with Crippen LogP contribution in [-0.2, 0) is 0 Å². The number of halogens is 2. The maximum absolute atomic E-state index is 14.3. The molecule has 0 radical (unpaired) electrons. The average Bonchev–Trinajstić information content (AvgIpc) is 2.63. The van der Waals surface area contributed by atoms with Gasteiger partial charge in [0.2, 0.25) is 0 Å². The first kappa shape index (κ1) is 17.8. The standard InChI is InChI=1S/C18H17F2N3O3/c1-12-10-17(15(20)11-16(12)23(25)26)21-6-8-22(9-7-21)18(24)13-2-4-14(19)5-3-13/h2-5,10-11H,6-9H2,1H3. The highest BCUT2D eigenvalue weighted by molar-refractivity contribution is 5.94. The second-order valence-corrected chi connectivity index (χ2v) is 6.13. The maximum Gasteiger partial charge on any atom is 0.275 e. The van der Waals surface area contributed by atoms with Gasteiger partial charge in [-0.1, -0.05) is 0 Å². The minimum Gasteiger partial charge on any atom is -0.366 e. The van der Waals surface area contributed by atoms with E-state index in [0.717, 1.165) is 6.07 Å². The highest BCUT2D eigenvalue weighted by Gasteiger charge is 2.25. The Hall–Kier alpha value is -3.03. The summed E-state index contributed by atoms with van der Waals surface area (Å²) in [6.45, 7) is 3.13. The first-order chi connectivity index (χ1) is 12.4. The molecule has 1 fully saturated rings. The fourth-order valence-electron chi connectivity index (χ4n) is 3.02. The van der Waals surface area contributed by atoms with E-state index >= 15 is 0 Å². The van der Waals surface area contributed by atoms with E-state index in [9.17, 15) is 23.7 Å². The Morgan fingerprint density at radius 1 is 1.08 bits per heavy atom. The van der Waals surface area contributed by atoms with Gasteiger partial charge in [-0.2, -0.15) is 0 Å². The fourth-order valence-corrected chi connectivity index (χ4v) is 3.02. The number of aryl methyl sites for hydroxylation is 1. The van der Waals surface area contributed by atoms with Crippen molar-refractivity contribution in [1.29, 1.82) is 0 Å². The fraction of sp³-hybridized carbons (Fsp3) is 0.278. The molecule has 0 aliphatic carbocycles. The largest absolute Gasteiger partial charge is 0.366 e. The summed E-state index contributed by atoms with van der Waals surface area (Å²) in [5.41, 5.74) is 0.826. The lowest BCUT2D eigenvalue weighted by Crippen LogP contribution is -2.49. The second-order valence-electron chi connectivity index (χ2n) is 6.13. The molecule has 0 bridgehead atoms. The van der Waals surface area contributed by atoms with Crippen LogP contribution in [0.4, 0.5) is 20.2 Å². The summed E-state index contributed by atoms with van der Waals surface area (Å²) in [6.07, 6.45) is 0. The Morgan fingerprint density at radius 2 is 1.69 bits per heavy atom. The van der Waals surface area contributed by atoms with Gasteiger partial charge in [-0.25, -0.2) is 8.78 Å². The molecular formula is C18H17F2N3O3. The number of piperazine rings is 1. The summed E-state index contributed by atoms with van der Waals surface area (Å²) in [7, 11) is 0. The number of carbonyl (C=O) groups excluding carboxylic acids is 1. The molecule has 8 heteroatoms. The van der Waals surface area contributed by atoms with Crippen molar-refractivity contribution in [2.24, 2.45) is 0 Å². The molecule has 0 saturated carbocycles. The lowest BCUT2D eigenvalue weighted by molar-refractivity contribution is -0.385. The molecule has 26 heavy (non-hydrogen) atoms. The number of hydrogen-bond acceptors (Lipinski definition) is 4. The predicted molar refractivity (Wildman–Crippen MR) is 92.3 cm³/mol. The van der Waals surface area contributed by atoms with E-state index in [1.165, 1.54) is 30.3 Å². The Balaban J connectivity index is 1.70. The molecular weight excluding hydrogens is 344 g/mol. The van der Waals surface area contributed by atoms with Crippen molar-refractivity contribution >= 4 is 17.3 Å². The third-order valence-corrected chi connectivity index (χ3v) is 4.46. The highest BCUT2D eigenvalue weighted by atomic mass is 19.1. The minimum absolute atomic E-state index is 0.204. The van der Waals surface area contributed by atoms with Crippen molar-refractivity contribution < 1.29 is 18.5 Å². The summed E-state index contributed by atoms with van der Waals surface area (Å²) in [6, 6.07) is 7.73. The van der Waals surface area contributed by atoms with Gasteiger partial charge in [0.15, 0.2) is 5.82 Å². The van der Waals surface area contributed by atoms with E-state index in [1.54, 1.807) is 16.7 Å². The van der Waals surface area contributed by atoms with Crippen molar-refractivity contribution in [3.05, 3.63) is 69.3 Å². The van der Waals surface area contributed by atoms with Crippen LogP contribution in [0.25, 0.3) is 0 Å². The number of amides is 1. The molecule has 6 nitrogen and oxygen atoms in total. The van der Waals surface area contributed by atoms with E-state index in [0.29, 0.717) is 43.0 Å². The monoisotopic (exact) mass is 361 g/mol. The zero-order valence-corrected chi connectivity index (χ0v) is 14.1. The van der Waals surface area contributed by atoms with Crippen LogP contribution < -0.4 is 4.90 Å². The van der Waals surface area contributed by atoms with Crippen LogP contribution in [0.1, 0.15) is 15.9 Å². The SMILES string of the molecule is Cc1cc(N2CCN(C(=O)c3ccc(F)cc3)CC2)c(F)cc1[N+](=O)[O-]. The minimum atomic E-state index is -0.652. The van der Waals surface area contributed by atoms with Gasteiger partial charge in [0, 0.05) is 37.3 Å². The van der Waals surface area contributed by atoms with Gasteiger partial charge in [-0.05, 0) is 37.3 Å². The Bertz CT molecular complexity index is 848. The van der Waals surface area contributed by atoms with Crippen LogP contribution in [0.5, 0.6) is 0 Å². The summed E-state index contributed by atoms with van der Waals surface area (Å²) in [5.74, 6) is -1.26. The number of benzene rings is 2. The van der Waals surface area contributed by atoms with Crippen LogP contribution in [0.3, 0.4) is 0 Å². The third-order valence-electron chi connectivity index (χ3n) is 4.46. The number of carbonyl (C=O) groups is 1. The number of nitrogens with zero attached hydrogens (tertiary/aromatic N) is 3. The lowest BCUT2D eigenvalue weighted by atomic mass is 10.1. The zero-order chi connectivity index (χ0) is 18.8. The molecule has 136 valence electrons. The summed E-state index contributed by atoms with van der Waals surface area (Å²) in [5, 5.41) is 10.9. The third kappa shape index (κ3) is 3.49. The molecule has 1 heterocycles. The van der Waals surface area contributed by atoms with E-state index < -0.39 is 16.6 Å². The molecule has 2 aromatic carbocycles. The maximum atomic E-state index is 14.3. The topological polar surface area (TPSA) is 66.7 Å². The summed E-state index contributed by atoms with van der Waals surface area (Å²) in [4.78, 5) is 26.1. The molecule has 1 saturated heterocycles. The summed E-state index contributed by atoms with van der Waals surface area (Å²) < 4.78 is 27.2. The first-order valence-corrected chi connectivity index (χ1v) is 8.11. The second kappa shape index (κ2) is 7.07. The number of rotatable bonds is 3. The number of nitro groups is 1. The van der Waals surface area contributed by atoms with Crippen LogP contribution in [-0.4, -0.2) is 41.9 Å². The normalized spacial score (nSPS) is 14.4. The predicted octanol–water partition coefficient (Wildman–Crippen LogP) is 3.14. The van der Waals surface area contributed by atoms with E-state index in [1.807, 2.05) is 0 Å². The number of nitro benzene ring substituents is 1. The molecule has 3 rings (SSSR count). The van der Waals surface area contributed by atoms with Gasteiger partial charge in [0.25, 0.3) is 11.6 Å². The molecule has 2 aromatic rings. The van der Waals surface area contributed by atoms with Gasteiger partial charge < -0.3 is 9.80 Å². The Kier molecular flexibility index (Phi) is 4.83. The smallest absolute Gasteiger partial charge is 0.275 e. The average molecular weight is 361 g/mol. The highest BCUT2D eigenvalue weighted by Crippen LogP contribution is 2.28. The van der Waals surface area contributed by atoms with Gasteiger partial charge in [0.05, 0.1) is 16.7 Å². The van der Waals surface area contributed by atoms with Crippen LogP contribution in [0.2, 0.25) is 0 Å². The molecule has 1 amide bonds. The molecule has 0 unspecified atom stereocenters. The van der Waals surface area contributed by atoms with Crippen molar-refractivity contribution in [3.8, 4) is 0 Å². The zero-order valence-electron chi connectivity index (χ0n) is 14.1.